The van der Waals surface area contributed by atoms with E-state index in [0.29, 0.717) is 16.7 Å². The van der Waals surface area contributed by atoms with Crippen LogP contribution in [-0.2, 0) is 12.7 Å². The molecule has 0 spiro atoms. The predicted octanol–water partition coefficient (Wildman–Crippen LogP) is 5.39. The van der Waals surface area contributed by atoms with Crippen LogP contribution in [0.4, 0.5) is 18.9 Å². The Balaban J connectivity index is 2.08. The van der Waals surface area contributed by atoms with Crippen molar-refractivity contribution in [3.8, 4) is 0 Å². The first-order chi connectivity index (χ1) is 9.36. The first-order valence-electron chi connectivity index (χ1n) is 6.02. The van der Waals surface area contributed by atoms with Crippen molar-refractivity contribution in [3.05, 3.63) is 63.6 Å². The largest absolute Gasteiger partial charge is 0.416 e. The van der Waals surface area contributed by atoms with Gasteiger partial charge in [-0.1, -0.05) is 29.8 Å². The first kappa shape index (κ1) is 14.9. The SMILES string of the molecule is Cc1ccc(CNc2ccc(C(F)(F)F)cc2Br)cc1. The molecule has 0 amide bonds. The molecule has 0 saturated carbocycles. The second-order valence-corrected chi connectivity index (χ2v) is 5.39. The quantitative estimate of drug-likeness (QED) is 0.787. The maximum Gasteiger partial charge on any atom is 0.416 e. The molecule has 2 aromatic carbocycles. The molecule has 0 heterocycles. The number of hydrogen-bond acceptors (Lipinski definition) is 1. The maximum absolute atomic E-state index is 12.5. The van der Waals surface area contributed by atoms with Gasteiger partial charge < -0.3 is 5.32 Å². The minimum absolute atomic E-state index is 0.402. The van der Waals surface area contributed by atoms with Crippen LogP contribution in [0.5, 0.6) is 0 Å². The van der Waals surface area contributed by atoms with Gasteiger partial charge in [0.15, 0.2) is 0 Å². The fraction of sp³-hybridized carbons (Fsp3) is 0.200. The highest BCUT2D eigenvalue weighted by Gasteiger charge is 2.30. The van der Waals surface area contributed by atoms with Crippen LogP contribution in [0.3, 0.4) is 0 Å². The minimum Gasteiger partial charge on any atom is -0.380 e. The minimum atomic E-state index is -4.32. The molecular weight excluding hydrogens is 331 g/mol. The number of benzene rings is 2. The van der Waals surface area contributed by atoms with Crippen molar-refractivity contribution >= 4 is 21.6 Å². The van der Waals surface area contributed by atoms with Gasteiger partial charge in [-0.3, -0.25) is 0 Å². The molecule has 0 aromatic heterocycles. The third-order valence-electron chi connectivity index (χ3n) is 2.90. The third-order valence-corrected chi connectivity index (χ3v) is 3.56. The van der Waals surface area contributed by atoms with Crippen LogP contribution in [0.15, 0.2) is 46.9 Å². The van der Waals surface area contributed by atoms with E-state index in [4.69, 9.17) is 0 Å². The van der Waals surface area contributed by atoms with Gasteiger partial charge in [0, 0.05) is 16.7 Å². The Kier molecular flexibility index (Phi) is 4.38. The van der Waals surface area contributed by atoms with Crippen molar-refractivity contribution in [2.75, 3.05) is 5.32 Å². The van der Waals surface area contributed by atoms with Gasteiger partial charge in [-0.2, -0.15) is 13.2 Å². The average Bonchev–Trinajstić information content (AvgIpc) is 2.38. The standard InChI is InChI=1S/C15H13BrF3N/c1-10-2-4-11(5-3-10)9-20-14-7-6-12(8-13(14)16)15(17,18)19/h2-8,20H,9H2,1H3. The molecule has 106 valence electrons. The zero-order valence-corrected chi connectivity index (χ0v) is 12.3. The van der Waals surface area contributed by atoms with Gasteiger partial charge in [0.2, 0.25) is 0 Å². The summed E-state index contributed by atoms with van der Waals surface area (Å²) in [7, 11) is 0. The summed E-state index contributed by atoms with van der Waals surface area (Å²) >= 11 is 3.16. The normalized spacial score (nSPS) is 11.4. The fourth-order valence-corrected chi connectivity index (χ4v) is 2.26. The number of aryl methyl sites for hydroxylation is 1. The molecule has 0 bridgehead atoms. The van der Waals surface area contributed by atoms with Crippen molar-refractivity contribution in [1.29, 1.82) is 0 Å². The summed E-state index contributed by atoms with van der Waals surface area (Å²) in [6, 6.07) is 11.6. The van der Waals surface area contributed by atoms with Gasteiger partial charge in [0.05, 0.1) is 5.56 Å². The highest BCUT2D eigenvalue weighted by molar-refractivity contribution is 9.10. The zero-order chi connectivity index (χ0) is 14.8. The molecule has 2 aromatic rings. The molecule has 0 aliphatic carbocycles. The van der Waals surface area contributed by atoms with Gasteiger partial charge in [0.1, 0.15) is 0 Å². The maximum atomic E-state index is 12.5. The topological polar surface area (TPSA) is 12.0 Å². The molecule has 0 fully saturated rings. The highest BCUT2D eigenvalue weighted by atomic mass is 79.9. The fourth-order valence-electron chi connectivity index (χ4n) is 1.74. The summed E-state index contributed by atoms with van der Waals surface area (Å²) in [6.45, 7) is 2.56. The van der Waals surface area contributed by atoms with Crippen molar-refractivity contribution in [1.82, 2.24) is 0 Å². The van der Waals surface area contributed by atoms with E-state index in [0.717, 1.165) is 17.7 Å². The molecular formula is C15H13BrF3N. The molecule has 0 saturated heterocycles. The van der Waals surface area contributed by atoms with Gasteiger partial charge in [-0.05, 0) is 46.6 Å². The zero-order valence-electron chi connectivity index (χ0n) is 10.8. The monoisotopic (exact) mass is 343 g/mol. The Bertz CT molecular complexity index is 591. The Hall–Kier alpha value is -1.49. The lowest BCUT2D eigenvalue weighted by atomic mass is 10.1. The third kappa shape index (κ3) is 3.76. The lowest BCUT2D eigenvalue weighted by molar-refractivity contribution is -0.137. The molecule has 0 radical (unpaired) electrons. The van der Waals surface area contributed by atoms with E-state index in [1.807, 2.05) is 31.2 Å². The van der Waals surface area contributed by atoms with Gasteiger partial charge in [0.25, 0.3) is 0 Å². The van der Waals surface area contributed by atoms with E-state index in [2.05, 4.69) is 21.2 Å². The Morgan fingerprint density at radius 1 is 1.05 bits per heavy atom. The number of rotatable bonds is 3. The summed E-state index contributed by atoms with van der Waals surface area (Å²) in [4.78, 5) is 0. The van der Waals surface area contributed by atoms with Crippen LogP contribution in [0.25, 0.3) is 0 Å². The molecule has 0 unspecified atom stereocenters. The van der Waals surface area contributed by atoms with Gasteiger partial charge in [-0.15, -0.1) is 0 Å². The van der Waals surface area contributed by atoms with Crippen molar-refractivity contribution in [2.45, 2.75) is 19.6 Å². The van der Waals surface area contributed by atoms with E-state index < -0.39 is 11.7 Å². The summed E-state index contributed by atoms with van der Waals surface area (Å²) in [5.41, 5.74) is 2.22. The van der Waals surface area contributed by atoms with E-state index >= 15 is 0 Å². The number of hydrogen-bond donors (Lipinski definition) is 1. The second kappa shape index (κ2) is 5.87. The van der Waals surface area contributed by atoms with Gasteiger partial charge >= 0.3 is 6.18 Å². The van der Waals surface area contributed by atoms with Crippen LogP contribution in [0.2, 0.25) is 0 Å². The number of alkyl halides is 3. The lowest BCUT2D eigenvalue weighted by Gasteiger charge is -2.12. The molecule has 1 nitrogen and oxygen atoms in total. The Morgan fingerprint density at radius 3 is 2.25 bits per heavy atom. The van der Waals surface area contributed by atoms with Crippen LogP contribution in [0.1, 0.15) is 16.7 Å². The molecule has 2 rings (SSSR count). The number of anilines is 1. The summed E-state index contributed by atoms with van der Waals surface area (Å²) in [6.07, 6.45) is -4.32. The molecule has 1 N–H and O–H groups in total. The Labute approximate surface area is 123 Å². The van der Waals surface area contributed by atoms with Crippen LogP contribution in [0, 0.1) is 6.92 Å². The van der Waals surface area contributed by atoms with Crippen LogP contribution >= 0.6 is 15.9 Å². The van der Waals surface area contributed by atoms with Crippen LogP contribution in [-0.4, -0.2) is 0 Å². The van der Waals surface area contributed by atoms with Crippen molar-refractivity contribution in [3.63, 3.8) is 0 Å². The van der Waals surface area contributed by atoms with E-state index in [1.54, 1.807) is 0 Å². The Morgan fingerprint density at radius 2 is 1.70 bits per heavy atom. The molecule has 0 atom stereocenters. The number of halogens is 4. The molecule has 20 heavy (non-hydrogen) atoms. The predicted molar refractivity (Wildman–Crippen MR) is 77.6 cm³/mol. The van der Waals surface area contributed by atoms with Gasteiger partial charge in [-0.25, -0.2) is 0 Å². The van der Waals surface area contributed by atoms with Crippen molar-refractivity contribution < 1.29 is 13.2 Å². The smallest absolute Gasteiger partial charge is 0.380 e. The molecule has 5 heteroatoms. The van der Waals surface area contributed by atoms with E-state index in [-0.39, 0.29) is 0 Å². The number of nitrogens with one attached hydrogen (secondary N) is 1. The second-order valence-electron chi connectivity index (χ2n) is 4.53. The summed E-state index contributed by atoms with van der Waals surface area (Å²) in [5, 5.41) is 3.11. The van der Waals surface area contributed by atoms with E-state index in [1.165, 1.54) is 11.6 Å². The lowest BCUT2D eigenvalue weighted by Crippen LogP contribution is -2.06. The summed E-state index contributed by atoms with van der Waals surface area (Å²) < 4.78 is 38.0. The highest BCUT2D eigenvalue weighted by Crippen LogP contribution is 2.34. The molecule has 0 aliphatic rings. The average molecular weight is 344 g/mol. The molecule has 0 aliphatic heterocycles. The van der Waals surface area contributed by atoms with Crippen molar-refractivity contribution in [2.24, 2.45) is 0 Å². The summed E-state index contributed by atoms with van der Waals surface area (Å²) in [5.74, 6) is 0. The first-order valence-corrected chi connectivity index (χ1v) is 6.82. The van der Waals surface area contributed by atoms with E-state index in [9.17, 15) is 13.2 Å². The van der Waals surface area contributed by atoms with Crippen LogP contribution < -0.4 is 5.32 Å².